The second kappa shape index (κ2) is 6.38. The molecule has 8 heteroatoms. The van der Waals surface area contributed by atoms with Gasteiger partial charge in [-0.15, -0.1) is 0 Å². The molecule has 0 spiro atoms. The van der Waals surface area contributed by atoms with Crippen LogP contribution in [0.15, 0.2) is 0 Å². The van der Waals surface area contributed by atoms with Crippen LogP contribution in [0.25, 0.3) is 0 Å². The molecule has 0 bridgehead atoms. The zero-order chi connectivity index (χ0) is 14.8. The summed E-state index contributed by atoms with van der Waals surface area (Å²) in [6, 6.07) is 0.286. The average Bonchev–Trinajstić information content (AvgIpc) is 2.75. The topological polar surface area (TPSA) is 81.8 Å². The molecule has 1 amide bonds. The van der Waals surface area contributed by atoms with E-state index in [0.29, 0.717) is 0 Å². The first-order valence-corrected chi connectivity index (χ1v) is 8.97. The molecule has 7 nitrogen and oxygen atoms in total. The number of hydrazine groups is 1. The molecule has 2 aliphatic heterocycles. The summed E-state index contributed by atoms with van der Waals surface area (Å²) in [6.07, 6.45) is 3.84. The van der Waals surface area contributed by atoms with E-state index in [0.717, 1.165) is 45.4 Å². The first-order chi connectivity index (χ1) is 9.33. The van der Waals surface area contributed by atoms with Gasteiger partial charge in [0, 0.05) is 45.2 Å². The van der Waals surface area contributed by atoms with E-state index < -0.39 is 10.0 Å². The van der Waals surface area contributed by atoms with Gasteiger partial charge in [0.15, 0.2) is 0 Å². The van der Waals surface area contributed by atoms with Crippen molar-refractivity contribution in [2.75, 3.05) is 32.4 Å². The highest BCUT2D eigenvalue weighted by atomic mass is 32.2. The van der Waals surface area contributed by atoms with E-state index in [2.05, 4.69) is 20.1 Å². The maximum absolute atomic E-state index is 11.2. The lowest BCUT2D eigenvalue weighted by Gasteiger charge is -2.37. The van der Waals surface area contributed by atoms with Crippen LogP contribution in [0.3, 0.4) is 0 Å². The van der Waals surface area contributed by atoms with Gasteiger partial charge in [-0.25, -0.2) is 23.2 Å². The fraction of sp³-hybridized carbons (Fsp3) is 0.917. The molecule has 2 aliphatic rings. The van der Waals surface area contributed by atoms with Crippen LogP contribution < -0.4 is 10.0 Å². The van der Waals surface area contributed by atoms with Crippen LogP contribution >= 0.6 is 0 Å². The van der Waals surface area contributed by atoms with Gasteiger partial charge in [0.2, 0.25) is 15.9 Å². The van der Waals surface area contributed by atoms with Crippen LogP contribution in [0.4, 0.5) is 0 Å². The number of carbonyl (C=O) groups excluding carboxylic acids is 1. The van der Waals surface area contributed by atoms with E-state index >= 15 is 0 Å². The molecule has 2 heterocycles. The molecule has 0 aliphatic carbocycles. The molecule has 1 atom stereocenters. The van der Waals surface area contributed by atoms with Crippen molar-refractivity contribution in [2.45, 2.75) is 38.3 Å². The number of nitrogens with zero attached hydrogens (tertiary/aromatic N) is 2. The first-order valence-electron chi connectivity index (χ1n) is 7.08. The van der Waals surface area contributed by atoms with E-state index in [1.165, 1.54) is 6.26 Å². The summed E-state index contributed by atoms with van der Waals surface area (Å²) < 4.78 is 25.1. The van der Waals surface area contributed by atoms with Gasteiger partial charge in [-0.05, 0) is 19.3 Å². The molecular weight excluding hydrogens is 280 g/mol. The Labute approximate surface area is 120 Å². The van der Waals surface area contributed by atoms with Crippen molar-refractivity contribution in [1.82, 2.24) is 20.1 Å². The smallest absolute Gasteiger partial charge is 0.217 e. The summed E-state index contributed by atoms with van der Waals surface area (Å²) in [5.74, 6) is 0.0212. The van der Waals surface area contributed by atoms with Gasteiger partial charge in [-0.2, -0.15) is 0 Å². The number of carbonyl (C=O) groups is 1. The van der Waals surface area contributed by atoms with Crippen molar-refractivity contribution in [1.29, 1.82) is 0 Å². The Hall–Kier alpha value is -0.700. The van der Waals surface area contributed by atoms with Gasteiger partial charge in [-0.3, -0.25) is 4.79 Å². The van der Waals surface area contributed by atoms with Crippen molar-refractivity contribution in [3.8, 4) is 0 Å². The lowest BCUT2D eigenvalue weighted by Crippen LogP contribution is -2.51. The first kappa shape index (κ1) is 15.7. The van der Waals surface area contributed by atoms with Crippen LogP contribution in [0.2, 0.25) is 0 Å². The third-order valence-electron chi connectivity index (χ3n) is 3.83. The third kappa shape index (κ3) is 4.69. The fourth-order valence-electron chi connectivity index (χ4n) is 2.97. The molecule has 2 rings (SSSR count). The highest BCUT2D eigenvalue weighted by Crippen LogP contribution is 2.18. The fourth-order valence-corrected chi connectivity index (χ4v) is 3.81. The molecule has 20 heavy (non-hydrogen) atoms. The zero-order valence-corrected chi connectivity index (χ0v) is 12.9. The Kier molecular flexibility index (Phi) is 5.00. The minimum Gasteiger partial charge on any atom is -0.352 e. The maximum atomic E-state index is 11.2. The summed E-state index contributed by atoms with van der Waals surface area (Å²) in [5, 5.41) is 7.51. The molecule has 2 N–H and O–H groups in total. The van der Waals surface area contributed by atoms with E-state index in [1.54, 1.807) is 6.92 Å². The zero-order valence-electron chi connectivity index (χ0n) is 12.1. The molecule has 2 fully saturated rings. The van der Waals surface area contributed by atoms with Crippen LogP contribution in [0, 0.1) is 0 Å². The second-order valence-corrected chi connectivity index (χ2v) is 7.50. The van der Waals surface area contributed by atoms with Crippen molar-refractivity contribution in [3.05, 3.63) is 0 Å². The van der Waals surface area contributed by atoms with Gasteiger partial charge in [0.1, 0.15) is 0 Å². The lowest BCUT2D eigenvalue weighted by atomic mass is 10.1. The molecule has 0 aromatic heterocycles. The van der Waals surface area contributed by atoms with Crippen LogP contribution in [0.1, 0.15) is 26.2 Å². The molecule has 0 radical (unpaired) electrons. The van der Waals surface area contributed by atoms with Crippen LogP contribution in [0.5, 0.6) is 0 Å². The minimum atomic E-state index is -3.11. The highest BCUT2D eigenvalue weighted by Gasteiger charge is 2.30. The number of nitrogens with one attached hydrogen (secondary N) is 2. The summed E-state index contributed by atoms with van der Waals surface area (Å²) in [6.45, 7) is 5.07. The van der Waals surface area contributed by atoms with Crippen molar-refractivity contribution < 1.29 is 13.2 Å². The van der Waals surface area contributed by atoms with Gasteiger partial charge < -0.3 is 5.32 Å². The summed E-state index contributed by atoms with van der Waals surface area (Å²) in [7, 11) is -3.11. The third-order valence-corrected chi connectivity index (χ3v) is 4.59. The normalized spacial score (nSPS) is 26.8. The van der Waals surface area contributed by atoms with Gasteiger partial charge in [0.25, 0.3) is 0 Å². The Morgan fingerprint density at radius 2 is 1.60 bits per heavy atom. The summed E-state index contributed by atoms with van der Waals surface area (Å²) in [4.78, 5) is 11.1. The number of amides is 1. The van der Waals surface area contributed by atoms with Crippen molar-refractivity contribution >= 4 is 15.9 Å². The van der Waals surface area contributed by atoms with Crippen molar-refractivity contribution in [3.63, 3.8) is 0 Å². The molecule has 116 valence electrons. The van der Waals surface area contributed by atoms with Gasteiger partial charge >= 0.3 is 0 Å². The number of hydrogen-bond acceptors (Lipinski definition) is 5. The number of sulfonamides is 1. The average molecular weight is 304 g/mol. The van der Waals surface area contributed by atoms with Crippen molar-refractivity contribution in [2.24, 2.45) is 0 Å². The SMILES string of the molecule is CC(=O)NC1CCN(N2CCC(NS(C)(=O)=O)CC2)C1. The largest absolute Gasteiger partial charge is 0.352 e. The highest BCUT2D eigenvalue weighted by molar-refractivity contribution is 7.88. The molecule has 0 aromatic rings. The molecule has 2 saturated heterocycles. The number of hydrogen-bond donors (Lipinski definition) is 2. The van der Waals surface area contributed by atoms with Crippen LogP contribution in [-0.2, 0) is 14.8 Å². The Morgan fingerprint density at radius 1 is 1.05 bits per heavy atom. The molecular formula is C12H24N4O3S. The monoisotopic (exact) mass is 304 g/mol. The van der Waals surface area contributed by atoms with Crippen LogP contribution in [-0.4, -0.2) is 68.9 Å². The lowest BCUT2D eigenvalue weighted by molar-refractivity contribution is -0.119. The Bertz CT molecular complexity index is 446. The van der Waals surface area contributed by atoms with E-state index in [1.807, 2.05) is 0 Å². The number of piperidine rings is 1. The predicted octanol–water partition coefficient (Wildman–Crippen LogP) is -0.875. The maximum Gasteiger partial charge on any atom is 0.217 e. The summed E-state index contributed by atoms with van der Waals surface area (Å²) in [5.41, 5.74) is 0. The van der Waals surface area contributed by atoms with Gasteiger partial charge in [-0.1, -0.05) is 0 Å². The Balaban J connectivity index is 1.76. The van der Waals surface area contributed by atoms with E-state index in [9.17, 15) is 13.2 Å². The molecule has 0 aromatic carbocycles. The quantitative estimate of drug-likeness (QED) is 0.705. The molecule has 1 unspecified atom stereocenters. The van der Waals surface area contributed by atoms with E-state index in [4.69, 9.17) is 0 Å². The summed E-state index contributed by atoms with van der Waals surface area (Å²) >= 11 is 0. The second-order valence-electron chi connectivity index (χ2n) is 5.72. The molecule has 0 saturated carbocycles. The minimum absolute atomic E-state index is 0.0212. The Morgan fingerprint density at radius 3 is 2.15 bits per heavy atom. The standard InChI is InChI=1S/C12H24N4O3S/c1-10(17)13-12-5-8-16(9-12)15-6-3-11(4-7-15)14-20(2,18)19/h11-12,14H,3-9H2,1-2H3,(H,13,17). The predicted molar refractivity (Wildman–Crippen MR) is 76.4 cm³/mol. The van der Waals surface area contributed by atoms with Gasteiger partial charge in [0.05, 0.1) is 6.26 Å². The number of rotatable bonds is 4. The van der Waals surface area contributed by atoms with E-state index in [-0.39, 0.29) is 18.0 Å².